The number of nitrogens with one attached hydrogen (secondary N) is 1. The summed E-state index contributed by atoms with van der Waals surface area (Å²) in [6, 6.07) is 36.4. The van der Waals surface area contributed by atoms with E-state index >= 15 is 0 Å². The Kier molecular flexibility index (Phi) is 7.89. The molecule has 6 rings (SSSR count). The van der Waals surface area contributed by atoms with E-state index in [1.807, 2.05) is 79.7 Å². The van der Waals surface area contributed by atoms with Crippen LogP contribution in [0, 0.1) is 6.92 Å². The molecule has 1 aromatic heterocycles. The average Bonchev–Trinajstić information content (AvgIpc) is 3.02. The summed E-state index contributed by atoms with van der Waals surface area (Å²) in [6.07, 6.45) is 1.17. The summed E-state index contributed by atoms with van der Waals surface area (Å²) in [7, 11) is 0. The number of aromatic nitrogens is 1. The molecular weight excluding hydrogens is 522 g/mol. The lowest BCUT2D eigenvalue weighted by molar-refractivity contribution is -0.146. The van der Waals surface area contributed by atoms with Gasteiger partial charge >= 0.3 is 5.97 Å². The Morgan fingerprint density at radius 2 is 1.57 bits per heavy atom. The number of rotatable bonds is 9. The summed E-state index contributed by atoms with van der Waals surface area (Å²) >= 11 is 0. The van der Waals surface area contributed by atoms with E-state index in [0.717, 1.165) is 70.0 Å². The number of likely N-dealkylation sites (tertiary alicyclic amines) is 1. The van der Waals surface area contributed by atoms with E-state index in [-0.39, 0.29) is 0 Å². The van der Waals surface area contributed by atoms with E-state index in [1.165, 1.54) is 0 Å². The Labute approximate surface area is 246 Å². The van der Waals surface area contributed by atoms with Crippen LogP contribution in [0.3, 0.4) is 0 Å². The van der Waals surface area contributed by atoms with Gasteiger partial charge in [0, 0.05) is 35.1 Å². The van der Waals surface area contributed by atoms with E-state index in [1.54, 1.807) is 0 Å². The van der Waals surface area contributed by atoms with Crippen molar-refractivity contribution >= 4 is 28.2 Å². The topological polar surface area (TPSA) is 74.7 Å². The number of nitrogens with zero attached hydrogens (tertiary/aromatic N) is 2. The molecule has 0 unspecified atom stereocenters. The summed E-state index contributed by atoms with van der Waals surface area (Å²) in [5.74, 6) is 0.0506. The van der Waals surface area contributed by atoms with Crippen molar-refractivity contribution in [2.24, 2.45) is 0 Å². The summed E-state index contributed by atoms with van der Waals surface area (Å²) in [5, 5.41) is 14.8. The van der Waals surface area contributed by atoms with Gasteiger partial charge in [-0.25, -0.2) is 0 Å². The van der Waals surface area contributed by atoms with Crippen molar-refractivity contribution in [2.75, 3.05) is 31.6 Å². The number of carbonyl (C=O) groups is 1. The van der Waals surface area contributed by atoms with Gasteiger partial charge in [0.1, 0.15) is 12.4 Å². The first-order chi connectivity index (χ1) is 20.5. The third-order valence-corrected chi connectivity index (χ3v) is 8.26. The number of hydrogen-bond donors (Lipinski definition) is 2. The van der Waals surface area contributed by atoms with Crippen LogP contribution in [0.5, 0.6) is 5.75 Å². The van der Waals surface area contributed by atoms with Gasteiger partial charge in [0.2, 0.25) is 0 Å². The zero-order chi connectivity index (χ0) is 28.9. The largest absolute Gasteiger partial charge is 0.492 e. The van der Waals surface area contributed by atoms with E-state index in [0.29, 0.717) is 19.4 Å². The highest BCUT2D eigenvalue weighted by atomic mass is 16.5. The predicted octanol–water partition coefficient (Wildman–Crippen LogP) is 7.45. The van der Waals surface area contributed by atoms with Crippen LogP contribution in [-0.4, -0.2) is 47.2 Å². The first-order valence-electron chi connectivity index (χ1n) is 14.5. The van der Waals surface area contributed by atoms with Crippen molar-refractivity contribution in [3.05, 3.63) is 120 Å². The third-order valence-electron chi connectivity index (χ3n) is 8.26. The Hall–Kier alpha value is -4.68. The number of hydrogen-bond acceptors (Lipinski definition) is 5. The van der Waals surface area contributed by atoms with E-state index in [9.17, 15) is 9.90 Å². The number of piperidine rings is 1. The van der Waals surface area contributed by atoms with Crippen LogP contribution in [0.4, 0.5) is 11.4 Å². The molecule has 1 aliphatic heterocycles. The van der Waals surface area contributed by atoms with Crippen LogP contribution < -0.4 is 10.1 Å². The number of aryl methyl sites for hydroxylation is 1. The highest BCUT2D eigenvalue weighted by Crippen LogP contribution is 2.36. The highest BCUT2D eigenvalue weighted by Gasteiger charge is 2.42. The van der Waals surface area contributed by atoms with Crippen LogP contribution in [0.1, 0.15) is 24.1 Å². The molecule has 0 spiro atoms. The molecule has 2 N–H and O–H groups in total. The lowest BCUT2D eigenvalue weighted by atomic mass is 9.73. The first-order valence-corrected chi connectivity index (χ1v) is 14.5. The zero-order valence-corrected chi connectivity index (χ0v) is 23.8. The summed E-state index contributed by atoms with van der Waals surface area (Å²) in [4.78, 5) is 19.3. The Bertz CT molecular complexity index is 1680. The lowest BCUT2D eigenvalue weighted by Gasteiger charge is -2.39. The maximum Gasteiger partial charge on any atom is 0.314 e. The fourth-order valence-electron chi connectivity index (χ4n) is 5.95. The molecule has 1 fully saturated rings. The molecule has 1 saturated heterocycles. The second-order valence-corrected chi connectivity index (χ2v) is 11.0. The normalized spacial score (nSPS) is 14.9. The molecule has 2 heterocycles. The fraction of sp³-hybridized carbons (Fsp3) is 0.222. The van der Waals surface area contributed by atoms with Crippen LogP contribution in [0.2, 0.25) is 0 Å². The number of aliphatic carboxylic acids is 1. The van der Waals surface area contributed by atoms with Gasteiger partial charge in [-0.2, -0.15) is 0 Å². The molecule has 4 aromatic carbocycles. The van der Waals surface area contributed by atoms with Crippen molar-refractivity contribution in [1.82, 2.24) is 9.88 Å². The molecule has 6 heteroatoms. The number of benzene rings is 4. The van der Waals surface area contributed by atoms with Crippen molar-refractivity contribution < 1.29 is 14.6 Å². The van der Waals surface area contributed by atoms with Gasteiger partial charge in [-0.05, 0) is 73.8 Å². The number of para-hydroxylation sites is 1. The van der Waals surface area contributed by atoms with Gasteiger partial charge in [-0.15, -0.1) is 0 Å². The first kappa shape index (κ1) is 27.5. The van der Waals surface area contributed by atoms with Crippen molar-refractivity contribution in [2.45, 2.75) is 25.2 Å². The molecule has 6 nitrogen and oxygen atoms in total. The molecule has 0 radical (unpaired) electrons. The maximum absolute atomic E-state index is 12.3. The second-order valence-electron chi connectivity index (χ2n) is 11.0. The minimum absolute atomic E-state index is 0.514. The number of fused-ring (bicyclic) bond motifs is 1. The van der Waals surface area contributed by atoms with Gasteiger partial charge in [0.25, 0.3) is 0 Å². The Balaban J connectivity index is 1.18. The molecule has 0 amide bonds. The molecule has 42 heavy (non-hydrogen) atoms. The quantitative estimate of drug-likeness (QED) is 0.196. The van der Waals surface area contributed by atoms with Gasteiger partial charge in [0.15, 0.2) is 0 Å². The van der Waals surface area contributed by atoms with E-state index in [4.69, 9.17) is 4.74 Å². The second kappa shape index (κ2) is 12.0. The molecule has 0 aliphatic carbocycles. The Morgan fingerprint density at radius 1 is 0.881 bits per heavy atom. The third kappa shape index (κ3) is 5.85. The molecule has 0 saturated carbocycles. The average molecular weight is 558 g/mol. The van der Waals surface area contributed by atoms with Gasteiger partial charge in [-0.3, -0.25) is 14.7 Å². The minimum Gasteiger partial charge on any atom is -0.492 e. The molecular formula is C36H35N3O3. The fourth-order valence-corrected chi connectivity index (χ4v) is 5.95. The van der Waals surface area contributed by atoms with E-state index < -0.39 is 11.4 Å². The lowest BCUT2D eigenvalue weighted by Crippen LogP contribution is -2.48. The van der Waals surface area contributed by atoms with E-state index in [2.05, 4.69) is 51.6 Å². The highest BCUT2D eigenvalue weighted by molar-refractivity contribution is 5.93. The number of ether oxygens (including phenoxy) is 1. The summed E-state index contributed by atoms with van der Waals surface area (Å²) in [5.41, 5.74) is 6.10. The SMILES string of the molecule is Cc1cc(Nc2cc(OCCN3CCC(C(=O)O)(c4ccccc4)CC3)cc(-c3ccccc3)c2)c2ccccc2n1. The monoisotopic (exact) mass is 557 g/mol. The minimum atomic E-state index is -0.821. The number of pyridine rings is 1. The van der Waals surface area contributed by atoms with Crippen LogP contribution in [0.15, 0.2) is 109 Å². The molecule has 5 aromatic rings. The smallest absolute Gasteiger partial charge is 0.314 e. The van der Waals surface area contributed by atoms with Crippen LogP contribution >= 0.6 is 0 Å². The number of carboxylic acids is 1. The van der Waals surface area contributed by atoms with Crippen molar-refractivity contribution in [3.8, 4) is 16.9 Å². The summed E-state index contributed by atoms with van der Waals surface area (Å²) < 4.78 is 6.33. The van der Waals surface area contributed by atoms with Gasteiger partial charge in [-0.1, -0.05) is 78.9 Å². The Morgan fingerprint density at radius 3 is 2.31 bits per heavy atom. The molecule has 212 valence electrons. The molecule has 1 aliphatic rings. The summed E-state index contributed by atoms with van der Waals surface area (Å²) in [6.45, 7) is 4.69. The predicted molar refractivity (Wildman–Crippen MR) is 169 cm³/mol. The van der Waals surface area contributed by atoms with Crippen LogP contribution in [0.25, 0.3) is 22.0 Å². The molecule has 0 bridgehead atoms. The van der Waals surface area contributed by atoms with Crippen LogP contribution in [-0.2, 0) is 10.2 Å². The molecule has 0 atom stereocenters. The van der Waals surface area contributed by atoms with Gasteiger partial charge < -0.3 is 15.2 Å². The maximum atomic E-state index is 12.3. The zero-order valence-electron chi connectivity index (χ0n) is 23.8. The van der Waals surface area contributed by atoms with Crippen molar-refractivity contribution in [3.63, 3.8) is 0 Å². The van der Waals surface area contributed by atoms with Crippen molar-refractivity contribution in [1.29, 1.82) is 0 Å². The number of carboxylic acid groups (broad SMARTS) is 1. The standard InChI is InChI=1S/C36H35N3O3/c1-26-22-34(32-14-8-9-15-33(32)37-26)38-30-23-28(27-10-4-2-5-11-27)24-31(25-30)42-21-20-39-18-16-36(17-19-39,35(40)41)29-12-6-3-7-13-29/h2-15,22-25H,16-21H2,1H3,(H,37,38)(H,40,41). The number of anilines is 2. The van der Waals surface area contributed by atoms with Gasteiger partial charge in [0.05, 0.1) is 10.9 Å².